The molecule has 1 heterocycles. The number of hydrogen-bond donors (Lipinski definition) is 2. The normalized spacial score (nSPS) is 10.5. The topological polar surface area (TPSA) is 49.8 Å². The molecule has 2 N–H and O–H groups in total. The molecule has 4 nitrogen and oxygen atoms in total. The Kier molecular flexibility index (Phi) is 6.16. The quantitative estimate of drug-likeness (QED) is 0.320. The number of hydrogen-bond acceptors (Lipinski definition) is 4. The van der Waals surface area contributed by atoms with Crippen molar-refractivity contribution in [2.75, 3.05) is 10.6 Å². The van der Waals surface area contributed by atoms with E-state index in [4.69, 9.17) is 23.2 Å². The van der Waals surface area contributed by atoms with Gasteiger partial charge in [-0.1, -0.05) is 54.0 Å². The average Bonchev–Trinajstić information content (AvgIpc) is 2.77. The SMILES string of the molecule is C=C(Nc1ccc(Cl)c(Cl)c1)c1cccc(Nc2ncc(-c3cccc(F)c3)cn2)c1. The maximum atomic E-state index is 13.4. The molecule has 0 amide bonds. The van der Waals surface area contributed by atoms with Crippen molar-refractivity contribution in [2.45, 2.75) is 0 Å². The first-order valence-corrected chi connectivity index (χ1v) is 10.1. The van der Waals surface area contributed by atoms with Crippen molar-refractivity contribution >= 4 is 46.2 Å². The van der Waals surface area contributed by atoms with Crippen LogP contribution in [0.1, 0.15) is 5.56 Å². The minimum absolute atomic E-state index is 0.300. The zero-order valence-electron chi connectivity index (χ0n) is 16.2. The van der Waals surface area contributed by atoms with E-state index < -0.39 is 0 Å². The van der Waals surface area contributed by atoms with Crippen LogP contribution in [0.4, 0.5) is 21.7 Å². The number of benzene rings is 3. The fourth-order valence-corrected chi connectivity index (χ4v) is 3.24. The Bertz CT molecular complexity index is 1240. The summed E-state index contributed by atoms with van der Waals surface area (Å²) in [4.78, 5) is 8.66. The monoisotopic (exact) mass is 450 g/mol. The molecule has 7 heteroatoms. The summed E-state index contributed by atoms with van der Waals surface area (Å²) in [6.45, 7) is 4.10. The molecule has 0 aliphatic rings. The van der Waals surface area contributed by atoms with E-state index in [1.807, 2.05) is 36.4 Å². The van der Waals surface area contributed by atoms with Gasteiger partial charge in [0.25, 0.3) is 0 Å². The maximum Gasteiger partial charge on any atom is 0.227 e. The lowest BCUT2D eigenvalue weighted by atomic mass is 10.1. The molecule has 0 aliphatic carbocycles. The lowest BCUT2D eigenvalue weighted by Crippen LogP contribution is -2.00. The molecule has 0 bridgehead atoms. The van der Waals surface area contributed by atoms with E-state index in [9.17, 15) is 4.39 Å². The van der Waals surface area contributed by atoms with Crippen LogP contribution in [0.2, 0.25) is 10.0 Å². The Labute approximate surface area is 189 Å². The molecule has 4 aromatic rings. The Hall–Kier alpha value is -3.41. The lowest BCUT2D eigenvalue weighted by molar-refractivity contribution is 0.628. The van der Waals surface area contributed by atoms with Crippen molar-refractivity contribution in [3.05, 3.63) is 107 Å². The van der Waals surface area contributed by atoms with Gasteiger partial charge in [-0.05, 0) is 53.6 Å². The van der Waals surface area contributed by atoms with E-state index in [-0.39, 0.29) is 5.82 Å². The first-order valence-electron chi connectivity index (χ1n) is 9.34. The van der Waals surface area contributed by atoms with Crippen LogP contribution in [0.15, 0.2) is 85.7 Å². The van der Waals surface area contributed by atoms with E-state index in [1.54, 1.807) is 30.6 Å². The van der Waals surface area contributed by atoms with Crippen LogP contribution in [0, 0.1) is 5.82 Å². The first kappa shape index (κ1) is 20.8. The summed E-state index contributed by atoms with van der Waals surface area (Å²) in [5.41, 5.74) is 4.62. The van der Waals surface area contributed by atoms with Gasteiger partial charge in [-0.3, -0.25) is 0 Å². The molecule has 0 fully saturated rings. The fraction of sp³-hybridized carbons (Fsp3) is 0. The molecule has 154 valence electrons. The van der Waals surface area contributed by atoms with Gasteiger partial charge in [0.05, 0.1) is 10.0 Å². The van der Waals surface area contributed by atoms with Crippen LogP contribution in [-0.2, 0) is 0 Å². The maximum absolute atomic E-state index is 13.4. The molecular weight excluding hydrogens is 434 g/mol. The number of anilines is 3. The lowest BCUT2D eigenvalue weighted by Gasteiger charge is -2.12. The van der Waals surface area contributed by atoms with Crippen LogP contribution >= 0.6 is 23.2 Å². The second kappa shape index (κ2) is 9.16. The zero-order chi connectivity index (χ0) is 21.8. The number of nitrogens with one attached hydrogen (secondary N) is 2. The van der Waals surface area contributed by atoms with Gasteiger partial charge in [0.2, 0.25) is 5.95 Å². The van der Waals surface area contributed by atoms with Gasteiger partial charge in [-0.15, -0.1) is 0 Å². The van der Waals surface area contributed by atoms with E-state index in [2.05, 4.69) is 27.2 Å². The Morgan fingerprint density at radius 1 is 0.806 bits per heavy atom. The molecule has 1 aromatic heterocycles. The van der Waals surface area contributed by atoms with E-state index in [1.165, 1.54) is 12.1 Å². The van der Waals surface area contributed by atoms with E-state index >= 15 is 0 Å². The minimum Gasteiger partial charge on any atom is -0.355 e. The van der Waals surface area contributed by atoms with Crippen molar-refractivity contribution in [3.63, 3.8) is 0 Å². The van der Waals surface area contributed by atoms with E-state index in [0.717, 1.165) is 28.1 Å². The highest BCUT2D eigenvalue weighted by Crippen LogP contribution is 2.28. The van der Waals surface area contributed by atoms with Crippen LogP contribution in [0.5, 0.6) is 0 Å². The molecule has 31 heavy (non-hydrogen) atoms. The smallest absolute Gasteiger partial charge is 0.227 e. The second-order valence-electron chi connectivity index (χ2n) is 6.74. The standard InChI is InChI=1S/C24H17Cl2FN4/c1-15(30-21-8-9-22(25)23(26)12-21)16-4-3-7-20(11-16)31-24-28-13-18(14-29-24)17-5-2-6-19(27)10-17/h2-14,30H,1H2,(H,28,29,31). The molecule has 0 unspecified atom stereocenters. The third-order valence-electron chi connectivity index (χ3n) is 4.49. The first-order chi connectivity index (χ1) is 15.0. The second-order valence-corrected chi connectivity index (χ2v) is 7.56. The van der Waals surface area contributed by atoms with Crippen LogP contribution < -0.4 is 10.6 Å². The minimum atomic E-state index is -0.300. The molecule has 0 saturated carbocycles. The highest BCUT2D eigenvalue weighted by atomic mass is 35.5. The largest absolute Gasteiger partial charge is 0.355 e. The number of halogens is 3. The molecule has 0 radical (unpaired) electrons. The van der Waals surface area contributed by atoms with Gasteiger partial charge in [0.1, 0.15) is 5.82 Å². The van der Waals surface area contributed by atoms with Crippen molar-refractivity contribution in [3.8, 4) is 11.1 Å². The summed E-state index contributed by atoms with van der Waals surface area (Å²) < 4.78 is 13.4. The van der Waals surface area contributed by atoms with E-state index in [0.29, 0.717) is 21.7 Å². The van der Waals surface area contributed by atoms with Gasteiger partial charge in [-0.2, -0.15) is 0 Å². The van der Waals surface area contributed by atoms with Crippen molar-refractivity contribution in [1.82, 2.24) is 9.97 Å². The molecule has 0 aliphatic heterocycles. The molecule has 0 saturated heterocycles. The third kappa shape index (κ3) is 5.20. The number of rotatable bonds is 6. The van der Waals surface area contributed by atoms with Gasteiger partial charge in [-0.25, -0.2) is 14.4 Å². The summed E-state index contributed by atoms with van der Waals surface area (Å²) in [5, 5.41) is 7.35. The van der Waals surface area contributed by atoms with Crippen molar-refractivity contribution < 1.29 is 4.39 Å². The molecular formula is C24H17Cl2FN4. The van der Waals surface area contributed by atoms with Crippen LogP contribution in [0.25, 0.3) is 16.8 Å². The summed E-state index contributed by atoms with van der Waals surface area (Å²) in [7, 11) is 0. The Morgan fingerprint density at radius 3 is 2.32 bits per heavy atom. The summed E-state index contributed by atoms with van der Waals surface area (Å²) in [6, 6.07) is 19.3. The summed E-state index contributed by atoms with van der Waals surface area (Å²) in [6.07, 6.45) is 3.30. The van der Waals surface area contributed by atoms with Crippen molar-refractivity contribution in [1.29, 1.82) is 0 Å². The molecule has 4 rings (SSSR count). The number of nitrogens with zero attached hydrogens (tertiary/aromatic N) is 2. The predicted molar refractivity (Wildman–Crippen MR) is 126 cm³/mol. The summed E-state index contributed by atoms with van der Waals surface area (Å²) >= 11 is 12.0. The third-order valence-corrected chi connectivity index (χ3v) is 5.23. The van der Waals surface area contributed by atoms with Crippen molar-refractivity contribution in [2.24, 2.45) is 0 Å². The molecule has 0 atom stereocenters. The zero-order valence-corrected chi connectivity index (χ0v) is 17.8. The van der Waals surface area contributed by atoms with Crippen LogP contribution in [0.3, 0.4) is 0 Å². The summed E-state index contributed by atoms with van der Waals surface area (Å²) in [5.74, 6) is 0.131. The van der Waals surface area contributed by atoms with Gasteiger partial charge in [0, 0.05) is 35.0 Å². The van der Waals surface area contributed by atoms with Gasteiger partial charge < -0.3 is 10.6 Å². The van der Waals surface area contributed by atoms with Gasteiger partial charge in [0.15, 0.2) is 0 Å². The fourth-order valence-electron chi connectivity index (χ4n) is 2.94. The molecule has 0 spiro atoms. The average molecular weight is 451 g/mol. The Morgan fingerprint density at radius 2 is 1.58 bits per heavy atom. The van der Waals surface area contributed by atoms with Gasteiger partial charge >= 0.3 is 0 Å². The Balaban J connectivity index is 1.46. The molecule has 3 aromatic carbocycles. The highest BCUT2D eigenvalue weighted by Gasteiger charge is 2.06. The number of aromatic nitrogens is 2. The van der Waals surface area contributed by atoms with Crippen LogP contribution in [-0.4, -0.2) is 9.97 Å². The highest BCUT2D eigenvalue weighted by molar-refractivity contribution is 6.42. The predicted octanol–water partition coefficient (Wildman–Crippen LogP) is 7.42.